The van der Waals surface area contributed by atoms with Crippen LogP contribution in [0, 0.1) is 5.92 Å². The maximum absolute atomic E-state index is 13.2. The van der Waals surface area contributed by atoms with Crippen LogP contribution in [0.4, 0.5) is 0 Å². The Morgan fingerprint density at radius 1 is 1.00 bits per heavy atom. The monoisotopic (exact) mass is 437 g/mol. The second kappa shape index (κ2) is 9.64. The fourth-order valence-corrected chi connectivity index (χ4v) is 6.09. The molecule has 0 aromatic carbocycles. The van der Waals surface area contributed by atoms with Crippen molar-refractivity contribution in [2.75, 3.05) is 13.1 Å². The van der Waals surface area contributed by atoms with E-state index in [1.807, 2.05) is 4.90 Å². The summed E-state index contributed by atoms with van der Waals surface area (Å²) in [7, 11) is -3.68. The standard InChI is InChI=1S/C22H35N3O4S/c1-4-17-7-9-18(10-8-17)25(19-11-12-19)22(27)16-23-15-20(13-14-21(23)26)30(28,29)24(5-2)6-3/h13-15,17-19H,4-12,16H2,1-3H3. The minimum absolute atomic E-state index is 0.0556. The molecule has 2 aliphatic rings. The smallest absolute Gasteiger partial charge is 0.251 e. The first-order chi connectivity index (χ1) is 14.3. The van der Waals surface area contributed by atoms with E-state index < -0.39 is 10.0 Å². The molecule has 1 aromatic rings. The SMILES string of the molecule is CCC1CCC(N(C(=O)Cn2cc(S(=O)(=O)N(CC)CC)ccc2=O)C2CC2)CC1. The summed E-state index contributed by atoms with van der Waals surface area (Å²) in [5.74, 6) is 0.680. The largest absolute Gasteiger partial charge is 0.335 e. The molecule has 1 heterocycles. The number of pyridine rings is 1. The van der Waals surface area contributed by atoms with Crippen LogP contribution in [0.5, 0.6) is 0 Å². The lowest BCUT2D eigenvalue weighted by molar-refractivity contribution is -0.135. The van der Waals surface area contributed by atoms with Crippen molar-refractivity contribution in [1.82, 2.24) is 13.8 Å². The second-order valence-electron chi connectivity index (χ2n) is 8.54. The van der Waals surface area contributed by atoms with Gasteiger partial charge in [-0.2, -0.15) is 4.31 Å². The van der Waals surface area contributed by atoms with Gasteiger partial charge in [0.1, 0.15) is 6.54 Å². The first-order valence-corrected chi connectivity index (χ1v) is 12.8. The Hall–Kier alpha value is -1.67. The summed E-state index contributed by atoms with van der Waals surface area (Å²) in [6.45, 7) is 6.38. The molecular weight excluding hydrogens is 402 g/mol. The number of carbonyl (C=O) groups is 1. The van der Waals surface area contributed by atoms with Crippen molar-refractivity contribution in [3.05, 3.63) is 28.7 Å². The van der Waals surface area contributed by atoms with E-state index in [2.05, 4.69) is 6.92 Å². The number of nitrogens with zero attached hydrogens (tertiary/aromatic N) is 3. The van der Waals surface area contributed by atoms with Gasteiger partial charge in [-0.25, -0.2) is 8.42 Å². The Morgan fingerprint density at radius 3 is 2.07 bits per heavy atom. The van der Waals surface area contributed by atoms with Gasteiger partial charge in [0.25, 0.3) is 5.56 Å². The van der Waals surface area contributed by atoms with Gasteiger partial charge in [-0.1, -0.05) is 27.2 Å². The molecule has 0 saturated heterocycles. The Kier molecular flexibility index (Phi) is 7.39. The van der Waals surface area contributed by atoms with Gasteiger partial charge in [0, 0.05) is 37.4 Å². The number of sulfonamides is 1. The van der Waals surface area contributed by atoms with Crippen LogP contribution in [-0.2, 0) is 21.4 Å². The molecule has 7 nitrogen and oxygen atoms in total. The molecular formula is C22H35N3O4S. The predicted octanol–water partition coefficient (Wildman–Crippen LogP) is 2.84. The summed E-state index contributed by atoms with van der Waals surface area (Å²) in [6, 6.07) is 3.10. The maximum Gasteiger partial charge on any atom is 0.251 e. The third kappa shape index (κ3) is 4.97. The third-order valence-electron chi connectivity index (χ3n) is 6.62. The minimum atomic E-state index is -3.68. The van der Waals surface area contributed by atoms with Crippen molar-refractivity contribution < 1.29 is 13.2 Å². The number of aromatic nitrogens is 1. The van der Waals surface area contributed by atoms with Crippen LogP contribution >= 0.6 is 0 Å². The van der Waals surface area contributed by atoms with E-state index in [1.165, 1.54) is 33.6 Å². The zero-order chi connectivity index (χ0) is 21.9. The number of rotatable bonds is 9. The van der Waals surface area contributed by atoms with Crippen molar-refractivity contribution in [3.63, 3.8) is 0 Å². The summed E-state index contributed by atoms with van der Waals surface area (Å²) in [5, 5.41) is 0. The Morgan fingerprint density at radius 2 is 1.57 bits per heavy atom. The molecule has 1 amide bonds. The Bertz CT molecular complexity index is 895. The highest BCUT2D eigenvalue weighted by atomic mass is 32.2. The van der Waals surface area contributed by atoms with Crippen molar-refractivity contribution in [3.8, 4) is 0 Å². The highest BCUT2D eigenvalue weighted by Gasteiger charge is 2.38. The van der Waals surface area contributed by atoms with E-state index in [0.29, 0.717) is 13.1 Å². The Balaban J connectivity index is 1.79. The van der Waals surface area contributed by atoms with Gasteiger partial charge in [0.15, 0.2) is 0 Å². The fourth-order valence-electron chi connectivity index (χ4n) is 4.61. The first-order valence-electron chi connectivity index (χ1n) is 11.3. The third-order valence-corrected chi connectivity index (χ3v) is 8.65. The van der Waals surface area contributed by atoms with E-state index in [-0.39, 0.29) is 35.0 Å². The van der Waals surface area contributed by atoms with Gasteiger partial charge >= 0.3 is 0 Å². The highest BCUT2D eigenvalue weighted by molar-refractivity contribution is 7.89. The summed E-state index contributed by atoms with van der Waals surface area (Å²) >= 11 is 0. The van der Waals surface area contributed by atoms with Crippen LogP contribution in [0.3, 0.4) is 0 Å². The molecule has 0 bridgehead atoms. The zero-order valence-corrected chi connectivity index (χ0v) is 19.2. The van der Waals surface area contributed by atoms with Crippen molar-refractivity contribution >= 4 is 15.9 Å². The quantitative estimate of drug-likeness (QED) is 0.595. The van der Waals surface area contributed by atoms with Crippen LogP contribution in [0.2, 0.25) is 0 Å². The molecule has 1 aromatic heterocycles. The van der Waals surface area contributed by atoms with Crippen LogP contribution in [0.25, 0.3) is 0 Å². The van der Waals surface area contributed by atoms with Crippen molar-refractivity contribution in [2.24, 2.45) is 5.92 Å². The van der Waals surface area contributed by atoms with Crippen molar-refractivity contribution in [1.29, 1.82) is 0 Å². The predicted molar refractivity (Wildman–Crippen MR) is 117 cm³/mol. The molecule has 3 rings (SSSR count). The number of hydrogen-bond donors (Lipinski definition) is 0. The molecule has 0 unspecified atom stereocenters. The molecule has 2 aliphatic carbocycles. The zero-order valence-electron chi connectivity index (χ0n) is 18.4. The average Bonchev–Trinajstić information content (AvgIpc) is 3.56. The van der Waals surface area contributed by atoms with E-state index in [1.54, 1.807) is 13.8 Å². The van der Waals surface area contributed by atoms with Crippen LogP contribution in [0.1, 0.15) is 65.7 Å². The molecule has 8 heteroatoms. The first kappa shape index (κ1) is 23.0. The Labute approximate surface area is 180 Å². The molecule has 30 heavy (non-hydrogen) atoms. The number of carbonyl (C=O) groups excluding carboxylic acids is 1. The van der Waals surface area contributed by atoms with Crippen LogP contribution in [-0.4, -0.2) is 53.3 Å². The van der Waals surface area contributed by atoms with Gasteiger partial charge in [0.05, 0.1) is 4.90 Å². The van der Waals surface area contributed by atoms with Crippen LogP contribution < -0.4 is 5.56 Å². The molecule has 2 saturated carbocycles. The average molecular weight is 438 g/mol. The molecule has 0 spiro atoms. The molecule has 0 atom stereocenters. The number of hydrogen-bond acceptors (Lipinski definition) is 4. The summed E-state index contributed by atoms with van der Waals surface area (Å²) in [4.78, 5) is 27.7. The normalized spacial score (nSPS) is 22.3. The fraction of sp³-hybridized carbons (Fsp3) is 0.727. The summed E-state index contributed by atoms with van der Waals surface area (Å²) in [6.07, 6.45) is 8.89. The number of amides is 1. The highest BCUT2D eigenvalue weighted by Crippen LogP contribution is 2.36. The van der Waals surface area contributed by atoms with Gasteiger partial charge in [-0.3, -0.25) is 9.59 Å². The lowest BCUT2D eigenvalue weighted by atomic mass is 9.84. The van der Waals surface area contributed by atoms with Gasteiger partial charge in [0.2, 0.25) is 15.9 Å². The summed E-state index contributed by atoms with van der Waals surface area (Å²) in [5.41, 5.74) is -0.354. The molecule has 0 N–H and O–H groups in total. The van der Waals surface area contributed by atoms with E-state index >= 15 is 0 Å². The lowest BCUT2D eigenvalue weighted by Gasteiger charge is -2.37. The van der Waals surface area contributed by atoms with Gasteiger partial charge in [-0.05, 0) is 50.5 Å². The molecule has 2 fully saturated rings. The van der Waals surface area contributed by atoms with E-state index in [4.69, 9.17) is 0 Å². The molecule has 0 aliphatic heterocycles. The van der Waals surface area contributed by atoms with Crippen molar-refractivity contribution in [2.45, 2.75) is 89.2 Å². The molecule has 0 radical (unpaired) electrons. The lowest BCUT2D eigenvalue weighted by Crippen LogP contribution is -2.46. The summed E-state index contributed by atoms with van der Waals surface area (Å²) < 4.78 is 28.2. The van der Waals surface area contributed by atoms with Gasteiger partial charge in [-0.15, -0.1) is 0 Å². The van der Waals surface area contributed by atoms with Crippen LogP contribution in [0.15, 0.2) is 28.0 Å². The second-order valence-corrected chi connectivity index (χ2v) is 10.5. The minimum Gasteiger partial charge on any atom is -0.335 e. The maximum atomic E-state index is 13.2. The van der Waals surface area contributed by atoms with E-state index in [0.717, 1.165) is 44.4 Å². The topological polar surface area (TPSA) is 79.7 Å². The molecule has 168 valence electrons. The van der Waals surface area contributed by atoms with E-state index in [9.17, 15) is 18.0 Å². The van der Waals surface area contributed by atoms with Gasteiger partial charge < -0.3 is 9.47 Å².